The van der Waals surface area contributed by atoms with Crippen molar-refractivity contribution in [3.63, 3.8) is 0 Å². The highest BCUT2D eigenvalue weighted by Crippen LogP contribution is 2.21. The van der Waals surface area contributed by atoms with Gasteiger partial charge in [-0.3, -0.25) is 9.00 Å². The van der Waals surface area contributed by atoms with Crippen LogP contribution in [0.25, 0.3) is 0 Å². The minimum atomic E-state index is -1.41. The van der Waals surface area contributed by atoms with Crippen molar-refractivity contribution in [1.29, 1.82) is 0 Å². The average molecular weight is 347 g/mol. The zero-order valence-corrected chi connectivity index (χ0v) is 13.5. The zero-order chi connectivity index (χ0) is 14.4. The number of nitrogens with two attached hydrogens (primary N) is 1. The van der Waals surface area contributed by atoms with Crippen LogP contribution in [0.4, 0.5) is 5.69 Å². The fourth-order valence-corrected chi connectivity index (χ4v) is 2.89. The van der Waals surface area contributed by atoms with E-state index < -0.39 is 10.8 Å². The molecule has 19 heavy (non-hydrogen) atoms. The van der Waals surface area contributed by atoms with Gasteiger partial charge in [0.25, 0.3) is 0 Å². The van der Waals surface area contributed by atoms with Crippen molar-refractivity contribution in [3.05, 3.63) is 22.7 Å². The van der Waals surface area contributed by atoms with Crippen LogP contribution in [0.3, 0.4) is 0 Å². The van der Waals surface area contributed by atoms with E-state index in [-0.39, 0.29) is 11.7 Å². The Kier molecular flexibility index (Phi) is 6.51. The summed E-state index contributed by atoms with van der Waals surface area (Å²) >= 11 is 3.29. The maximum absolute atomic E-state index is 12.0. The Balaban J connectivity index is 2.52. The summed E-state index contributed by atoms with van der Waals surface area (Å²) in [6, 6.07) is 5.13. The van der Waals surface area contributed by atoms with Gasteiger partial charge in [0.1, 0.15) is 5.75 Å². The number of nitrogens with one attached hydrogen (secondary N) is 1. The van der Waals surface area contributed by atoms with E-state index in [4.69, 9.17) is 5.73 Å². The molecule has 1 rings (SSSR count). The summed E-state index contributed by atoms with van der Waals surface area (Å²) in [6.45, 7) is 4.79. The lowest BCUT2D eigenvalue weighted by molar-refractivity contribution is -0.118. The second-order valence-corrected chi connectivity index (χ2v) is 7.04. The molecule has 0 aliphatic rings. The van der Waals surface area contributed by atoms with E-state index in [9.17, 15) is 9.00 Å². The number of anilines is 1. The molecule has 0 radical (unpaired) electrons. The molecule has 0 aliphatic heterocycles. The highest BCUT2D eigenvalue weighted by atomic mass is 79.9. The third-order valence-electron chi connectivity index (χ3n) is 2.52. The molecule has 1 unspecified atom stereocenters. The van der Waals surface area contributed by atoms with E-state index in [2.05, 4.69) is 35.1 Å². The Hall–Kier alpha value is -0.880. The summed E-state index contributed by atoms with van der Waals surface area (Å²) in [4.78, 5) is 12.1. The number of hydrogen-bond donors (Lipinski definition) is 2. The normalized spacial score (nSPS) is 12.4. The third kappa shape index (κ3) is 5.74. The molecule has 3 N–H and O–H groups in total. The fraction of sp³-hybridized carbons (Fsp3) is 0.462. The van der Waals surface area contributed by atoms with Crippen LogP contribution in [0.15, 0.2) is 27.6 Å². The van der Waals surface area contributed by atoms with Crippen LogP contribution in [0.1, 0.15) is 20.3 Å². The first-order valence-corrected chi connectivity index (χ1v) is 8.21. The Labute approximate surface area is 124 Å². The second kappa shape index (κ2) is 7.65. The quantitative estimate of drug-likeness (QED) is 0.776. The predicted octanol–water partition coefficient (Wildman–Crippen LogP) is 2.30. The van der Waals surface area contributed by atoms with Gasteiger partial charge in [-0.25, -0.2) is 0 Å². The summed E-state index contributed by atoms with van der Waals surface area (Å²) < 4.78 is 12.9. The summed E-state index contributed by atoms with van der Waals surface area (Å²) in [5.41, 5.74) is 6.22. The minimum absolute atomic E-state index is 0.0517. The van der Waals surface area contributed by atoms with Crippen molar-refractivity contribution >= 4 is 38.3 Å². The molecule has 0 heterocycles. The van der Waals surface area contributed by atoms with E-state index in [0.29, 0.717) is 23.0 Å². The molecule has 0 aromatic heterocycles. The van der Waals surface area contributed by atoms with Crippen molar-refractivity contribution in [2.75, 3.05) is 18.0 Å². The third-order valence-corrected chi connectivity index (χ3v) is 4.40. The maximum Gasteiger partial charge on any atom is 0.233 e. The molecule has 1 aromatic rings. The van der Waals surface area contributed by atoms with Crippen molar-refractivity contribution in [3.8, 4) is 0 Å². The number of carbonyl (C=O) groups excluding carboxylic acids is 1. The van der Waals surface area contributed by atoms with Gasteiger partial charge in [-0.15, -0.1) is 0 Å². The van der Waals surface area contributed by atoms with Gasteiger partial charge in [-0.2, -0.15) is 0 Å². The second-order valence-electron chi connectivity index (χ2n) is 4.70. The molecule has 1 aromatic carbocycles. The maximum atomic E-state index is 12.0. The summed E-state index contributed by atoms with van der Waals surface area (Å²) in [6.07, 6.45) is 0.915. The Bertz CT molecular complexity index is 478. The monoisotopic (exact) mass is 346 g/mol. The van der Waals surface area contributed by atoms with E-state index >= 15 is 0 Å². The zero-order valence-electron chi connectivity index (χ0n) is 11.1. The lowest BCUT2D eigenvalue weighted by Gasteiger charge is -2.08. The average Bonchev–Trinajstić information content (AvgIpc) is 2.27. The summed E-state index contributed by atoms with van der Waals surface area (Å²) in [7, 11) is -1.41. The number of benzene rings is 1. The number of nitrogen functional groups attached to an aromatic ring is 1. The predicted molar refractivity (Wildman–Crippen MR) is 82.3 cm³/mol. The Morgan fingerprint density at radius 2 is 2.16 bits per heavy atom. The van der Waals surface area contributed by atoms with Gasteiger partial charge in [0.05, 0.1) is 15.7 Å². The molecule has 0 saturated carbocycles. The number of amides is 1. The molecule has 4 nitrogen and oxygen atoms in total. The van der Waals surface area contributed by atoms with Crippen LogP contribution in [0, 0.1) is 5.92 Å². The Morgan fingerprint density at radius 1 is 1.47 bits per heavy atom. The first-order valence-electron chi connectivity index (χ1n) is 6.10. The van der Waals surface area contributed by atoms with Gasteiger partial charge in [-0.1, -0.05) is 29.8 Å². The molecule has 106 valence electrons. The molecule has 0 fully saturated rings. The molecule has 1 atom stereocenters. The van der Waals surface area contributed by atoms with E-state index in [0.717, 1.165) is 10.9 Å². The molecular formula is C13H19BrN2O2S. The lowest BCUT2D eigenvalue weighted by atomic mass is 10.1. The number of rotatable bonds is 6. The van der Waals surface area contributed by atoms with Crippen LogP contribution in [-0.2, 0) is 15.6 Å². The fourth-order valence-electron chi connectivity index (χ4n) is 1.47. The highest BCUT2D eigenvalue weighted by Gasteiger charge is 2.12. The molecule has 1 amide bonds. The van der Waals surface area contributed by atoms with E-state index in [1.807, 2.05) is 0 Å². The molecule has 0 bridgehead atoms. The topological polar surface area (TPSA) is 72.2 Å². The van der Waals surface area contributed by atoms with Crippen molar-refractivity contribution < 1.29 is 9.00 Å². The van der Waals surface area contributed by atoms with Crippen LogP contribution < -0.4 is 11.1 Å². The molecule has 0 aliphatic carbocycles. The molecule has 0 spiro atoms. The standard InChI is InChI=1S/C13H19BrN2O2S/c1-9(2)5-6-16-13(17)8-19(18)12-4-3-10(14)7-11(12)15/h3-4,7,9H,5-6,8,15H2,1-2H3,(H,16,17). The largest absolute Gasteiger partial charge is 0.398 e. The van der Waals surface area contributed by atoms with Gasteiger partial charge in [0, 0.05) is 16.7 Å². The number of hydrogen-bond acceptors (Lipinski definition) is 3. The molecule has 6 heteroatoms. The van der Waals surface area contributed by atoms with Crippen molar-refractivity contribution in [2.45, 2.75) is 25.2 Å². The highest BCUT2D eigenvalue weighted by molar-refractivity contribution is 9.10. The molecule has 0 saturated heterocycles. The number of halogens is 1. The van der Waals surface area contributed by atoms with E-state index in [1.54, 1.807) is 18.2 Å². The Morgan fingerprint density at radius 3 is 2.74 bits per heavy atom. The van der Waals surface area contributed by atoms with Crippen molar-refractivity contribution in [2.24, 2.45) is 5.92 Å². The van der Waals surface area contributed by atoms with Crippen LogP contribution >= 0.6 is 15.9 Å². The van der Waals surface area contributed by atoms with Gasteiger partial charge < -0.3 is 11.1 Å². The van der Waals surface area contributed by atoms with E-state index in [1.165, 1.54) is 0 Å². The van der Waals surface area contributed by atoms with Gasteiger partial charge >= 0.3 is 0 Å². The number of carbonyl (C=O) groups is 1. The lowest BCUT2D eigenvalue weighted by Crippen LogP contribution is -2.29. The first-order chi connectivity index (χ1) is 8.90. The van der Waals surface area contributed by atoms with Crippen LogP contribution in [0.5, 0.6) is 0 Å². The van der Waals surface area contributed by atoms with Gasteiger partial charge in [0.2, 0.25) is 5.91 Å². The SMILES string of the molecule is CC(C)CCNC(=O)CS(=O)c1ccc(Br)cc1N. The molecular weight excluding hydrogens is 328 g/mol. The van der Waals surface area contributed by atoms with Crippen molar-refractivity contribution in [1.82, 2.24) is 5.32 Å². The van der Waals surface area contributed by atoms with Crippen LogP contribution in [-0.4, -0.2) is 22.4 Å². The van der Waals surface area contributed by atoms with Crippen LogP contribution in [0.2, 0.25) is 0 Å². The summed E-state index contributed by atoms with van der Waals surface area (Å²) in [5.74, 6) is 0.276. The minimum Gasteiger partial charge on any atom is -0.398 e. The first kappa shape index (κ1) is 16.2. The van der Waals surface area contributed by atoms with Gasteiger partial charge in [-0.05, 0) is 30.5 Å². The summed E-state index contributed by atoms with van der Waals surface area (Å²) in [5, 5.41) is 2.76. The smallest absolute Gasteiger partial charge is 0.233 e. The van der Waals surface area contributed by atoms with Gasteiger partial charge in [0.15, 0.2) is 0 Å².